The van der Waals surface area contributed by atoms with Gasteiger partial charge in [0.1, 0.15) is 17.2 Å². The Morgan fingerprint density at radius 2 is 1.95 bits per heavy atom. The largest absolute Gasteiger partial charge is 0.394 e. The minimum atomic E-state index is -0.935. The van der Waals surface area contributed by atoms with Gasteiger partial charge in [-0.2, -0.15) is 5.10 Å². The fourth-order valence-electron chi connectivity index (χ4n) is 1.71. The number of aryl methyl sites for hydroxylation is 2. The molecule has 2 rings (SSSR count). The van der Waals surface area contributed by atoms with E-state index in [-0.39, 0.29) is 11.5 Å². The van der Waals surface area contributed by atoms with Crippen LogP contribution < -0.4 is 11.1 Å². The van der Waals surface area contributed by atoms with Gasteiger partial charge in [0.2, 0.25) is 0 Å². The second kappa shape index (κ2) is 4.68. The van der Waals surface area contributed by atoms with Crippen molar-refractivity contribution in [2.24, 2.45) is 7.05 Å². The van der Waals surface area contributed by atoms with E-state index in [1.165, 1.54) is 10.7 Å². The highest BCUT2D eigenvalue weighted by molar-refractivity contribution is 6.05. The lowest BCUT2D eigenvalue weighted by molar-refractivity contribution is 0.101. The van der Waals surface area contributed by atoms with Crippen molar-refractivity contribution in [1.29, 1.82) is 0 Å². The summed E-state index contributed by atoms with van der Waals surface area (Å²) in [6.07, 6.45) is 0. The molecule has 100 valence electrons. The number of nitrogens with zero attached hydrogens (tertiary/aromatic N) is 2. The molecule has 1 aromatic heterocycles. The number of carbonyl (C=O) groups is 1. The number of nitrogens with one attached hydrogen (secondary N) is 1. The lowest BCUT2D eigenvalue weighted by atomic mass is 10.2. The molecule has 0 aliphatic rings. The molecule has 0 fully saturated rings. The Kier molecular flexibility index (Phi) is 3.20. The molecule has 1 amide bonds. The maximum Gasteiger partial charge on any atom is 0.262 e. The van der Waals surface area contributed by atoms with Crippen LogP contribution in [-0.2, 0) is 7.05 Å². The highest BCUT2D eigenvalue weighted by Crippen LogP contribution is 2.22. The second-order valence-electron chi connectivity index (χ2n) is 4.02. The number of nitrogens with two attached hydrogens (primary N) is 1. The SMILES string of the molecule is Cc1nn(C)c(NC(=O)c2c(F)cccc2F)c1N. The summed E-state index contributed by atoms with van der Waals surface area (Å²) in [4.78, 5) is 11.9. The topological polar surface area (TPSA) is 72.9 Å². The fourth-order valence-corrected chi connectivity index (χ4v) is 1.71. The van der Waals surface area contributed by atoms with Crippen LogP contribution >= 0.6 is 0 Å². The Morgan fingerprint density at radius 3 is 2.42 bits per heavy atom. The van der Waals surface area contributed by atoms with E-state index >= 15 is 0 Å². The molecule has 0 unspecified atom stereocenters. The van der Waals surface area contributed by atoms with Crippen molar-refractivity contribution in [1.82, 2.24) is 9.78 Å². The van der Waals surface area contributed by atoms with Crippen LogP contribution in [0.2, 0.25) is 0 Å². The van der Waals surface area contributed by atoms with Gasteiger partial charge < -0.3 is 11.1 Å². The minimum absolute atomic E-state index is 0.199. The maximum atomic E-state index is 13.5. The summed E-state index contributed by atoms with van der Waals surface area (Å²) in [5.41, 5.74) is 5.85. The second-order valence-corrected chi connectivity index (χ2v) is 4.02. The van der Waals surface area contributed by atoms with Crippen LogP contribution in [0.25, 0.3) is 0 Å². The summed E-state index contributed by atoms with van der Waals surface area (Å²) in [5.74, 6) is -2.58. The zero-order valence-electron chi connectivity index (χ0n) is 10.4. The molecule has 0 aliphatic heterocycles. The summed E-state index contributed by atoms with van der Waals surface area (Å²) in [6.45, 7) is 1.66. The van der Waals surface area contributed by atoms with E-state index in [9.17, 15) is 13.6 Å². The third kappa shape index (κ3) is 2.26. The predicted octanol–water partition coefficient (Wildman–Crippen LogP) is 1.84. The molecule has 0 radical (unpaired) electrons. The van der Waals surface area contributed by atoms with Gasteiger partial charge in [-0.15, -0.1) is 0 Å². The first-order valence-electron chi connectivity index (χ1n) is 5.46. The van der Waals surface area contributed by atoms with Crippen molar-refractivity contribution in [2.45, 2.75) is 6.92 Å². The van der Waals surface area contributed by atoms with Gasteiger partial charge in [-0.3, -0.25) is 9.48 Å². The molecule has 2 aromatic rings. The van der Waals surface area contributed by atoms with Crippen LogP contribution in [0, 0.1) is 18.6 Å². The number of hydrogen-bond donors (Lipinski definition) is 2. The third-order valence-electron chi connectivity index (χ3n) is 2.69. The quantitative estimate of drug-likeness (QED) is 0.871. The van der Waals surface area contributed by atoms with Gasteiger partial charge in [0.15, 0.2) is 5.82 Å². The van der Waals surface area contributed by atoms with Gasteiger partial charge >= 0.3 is 0 Å². The number of benzene rings is 1. The zero-order chi connectivity index (χ0) is 14.2. The van der Waals surface area contributed by atoms with Gasteiger partial charge in [0, 0.05) is 7.05 Å². The number of halogens is 2. The number of hydrogen-bond acceptors (Lipinski definition) is 3. The smallest absolute Gasteiger partial charge is 0.262 e. The third-order valence-corrected chi connectivity index (χ3v) is 2.69. The van der Waals surface area contributed by atoms with Crippen LogP contribution in [0.4, 0.5) is 20.3 Å². The number of carbonyl (C=O) groups excluding carboxylic acids is 1. The predicted molar refractivity (Wildman–Crippen MR) is 66.7 cm³/mol. The summed E-state index contributed by atoms with van der Waals surface area (Å²) in [7, 11) is 1.57. The van der Waals surface area contributed by atoms with Crippen LogP contribution in [0.3, 0.4) is 0 Å². The molecule has 19 heavy (non-hydrogen) atoms. The van der Waals surface area contributed by atoms with Crippen molar-refractivity contribution in [3.05, 3.63) is 41.1 Å². The van der Waals surface area contributed by atoms with E-state index in [1.54, 1.807) is 14.0 Å². The summed E-state index contributed by atoms with van der Waals surface area (Å²) < 4.78 is 28.2. The molecular weight excluding hydrogens is 254 g/mol. The summed E-state index contributed by atoms with van der Waals surface area (Å²) >= 11 is 0. The molecule has 5 nitrogen and oxygen atoms in total. The fraction of sp³-hybridized carbons (Fsp3) is 0.167. The lowest BCUT2D eigenvalue weighted by Gasteiger charge is -2.08. The molecule has 3 N–H and O–H groups in total. The van der Waals surface area contributed by atoms with E-state index in [0.29, 0.717) is 5.69 Å². The van der Waals surface area contributed by atoms with E-state index < -0.39 is 23.1 Å². The van der Waals surface area contributed by atoms with Crippen molar-refractivity contribution < 1.29 is 13.6 Å². The number of anilines is 2. The van der Waals surface area contributed by atoms with Crippen molar-refractivity contribution in [2.75, 3.05) is 11.1 Å². The number of rotatable bonds is 2. The molecule has 1 heterocycles. The molecule has 7 heteroatoms. The Hall–Kier alpha value is -2.44. The average Bonchev–Trinajstić information content (AvgIpc) is 2.56. The number of nitrogen functional groups attached to an aromatic ring is 1. The molecule has 0 spiro atoms. The van der Waals surface area contributed by atoms with Gasteiger partial charge in [0.25, 0.3) is 5.91 Å². The monoisotopic (exact) mass is 266 g/mol. The van der Waals surface area contributed by atoms with Gasteiger partial charge in [-0.1, -0.05) is 6.07 Å². The Bertz CT molecular complexity index is 631. The van der Waals surface area contributed by atoms with Crippen LogP contribution in [-0.4, -0.2) is 15.7 Å². The first-order valence-corrected chi connectivity index (χ1v) is 5.46. The average molecular weight is 266 g/mol. The molecule has 0 bridgehead atoms. The van der Waals surface area contributed by atoms with Gasteiger partial charge in [-0.25, -0.2) is 8.78 Å². The van der Waals surface area contributed by atoms with E-state index in [1.807, 2.05) is 0 Å². The lowest BCUT2D eigenvalue weighted by Crippen LogP contribution is -2.18. The molecule has 0 atom stereocenters. The maximum absolute atomic E-state index is 13.5. The summed E-state index contributed by atoms with van der Waals surface area (Å²) in [5, 5.41) is 6.35. The Labute approximate surface area is 108 Å². The van der Waals surface area contributed by atoms with E-state index in [4.69, 9.17) is 5.73 Å². The van der Waals surface area contributed by atoms with Crippen molar-refractivity contribution >= 4 is 17.4 Å². The number of amides is 1. The molecular formula is C12H12F2N4O. The van der Waals surface area contributed by atoms with E-state index in [0.717, 1.165) is 12.1 Å². The Balaban J connectivity index is 2.36. The number of aromatic nitrogens is 2. The van der Waals surface area contributed by atoms with Crippen molar-refractivity contribution in [3.8, 4) is 0 Å². The van der Waals surface area contributed by atoms with E-state index in [2.05, 4.69) is 10.4 Å². The standard InChI is InChI=1S/C12H12F2N4O/c1-6-10(15)11(18(2)17-6)16-12(19)9-7(13)4-3-5-8(9)14/h3-5H,15H2,1-2H3,(H,16,19). The molecule has 0 saturated heterocycles. The molecule has 0 aliphatic carbocycles. The first kappa shape index (κ1) is 13.0. The van der Waals surface area contributed by atoms with Crippen LogP contribution in [0.1, 0.15) is 16.1 Å². The van der Waals surface area contributed by atoms with Gasteiger partial charge in [-0.05, 0) is 19.1 Å². The van der Waals surface area contributed by atoms with Crippen LogP contribution in [0.5, 0.6) is 0 Å². The zero-order valence-corrected chi connectivity index (χ0v) is 10.4. The molecule has 0 saturated carbocycles. The van der Waals surface area contributed by atoms with Crippen molar-refractivity contribution in [3.63, 3.8) is 0 Å². The van der Waals surface area contributed by atoms with Gasteiger partial charge in [0.05, 0.1) is 11.4 Å². The molecule has 1 aromatic carbocycles. The Morgan fingerprint density at radius 1 is 1.37 bits per heavy atom. The first-order chi connectivity index (χ1) is 8.91. The van der Waals surface area contributed by atoms with Crippen LogP contribution in [0.15, 0.2) is 18.2 Å². The summed E-state index contributed by atoms with van der Waals surface area (Å²) in [6, 6.07) is 3.20. The minimum Gasteiger partial charge on any atom is -0.394 e. The highest BCUT2D eigenvalue weighted by Gasteiger charge is 2.20. The highest BCUT2D eigenvalue weighted by atomic mass is 19.1. The normalized spacial score (nSPS) is 10.5.